The highest BCUT2D eigenvalue weighted by Gasteiger charge is 2.17. The first-order chi connectivity index (χ1) is 10.4. The van der Waals surface area contributed by atoms with Crippen LogP contribution in [0, 0.1) is 0 Å². The molecule has 0 aliphatic carbocycles. The van der Waals surface area contributed by atoms with Gasteiger partial charge >= 0.3 is 7.52 Å². The molecule has 0 aliphatic heterocycles. The molecule has 1 unspecified atom stereocenters. The third-order valence-electron chi connectivity index (χ3n) is 3.25. The molecule has 0 saturated heterocycles. The Morgan fingerprint density at radius 3 is 2.00 bits per heavy atom. The van der Waals surface area contributed by atoms with Crippen LogP contribution in [0.2, 0.25) is 0 Å². The second kappa shape index (κ2) is 6.89. The maximum atomic E-state index is 12.6. The number of anilines is 1. The summed E-state index contributed by atoms with van der Waals surface area (Å²) in [5.74, 6) is 1.80. The predicted octanol–water partition coefficient (Wildman–Crippen LogP) is 5.13. The largest absolute Gasteiger partial charge is 0.497 e. The van der Waals surface area contributed by atoms with Crippen LogP contribution in [-0.2, 0) is 4.57 Å². The highest BCUT2D eigenvalue weighted by molar-refractivity contribution is 7.60. The van der Waals surface area contributed by atoms with Crippen LogP contribution in [-0.4, -0.2) is 13.8 Å². The highest BCUT2D eigenvalue weighted by Crippen LogP contribution is 2.43. The third kappa shape index (κ3) is 4.54. The van der Waals surface area contributed by atoms with E-state index in [2.05, 4.69) is 18.9 Å². The van der Waals surface area contributed by atoms with E-state index < -0.39 is 7.52 Å². The summed E-state index contributed by atoms with van der Waals surface area (Å²) in [5.41, 5.74) is 1.95. The molecule has 2 rings (SSSR count). The van der Waals surface area contributed by atoms with Crippen molar-refractivity contribution in [2.24, 2.45) is 0 Å². The minimum absolute atomic E-state index is 0.458. The van der Waals surface area contributed by atoms with E-state index in [1.54, 1.807) is 38.0 Å². The van der Waals surface area contributed by atoms with Crippen LogP contribution in [0.15, 0.2) is 48.5 Å². The number of ether oxygens (including phenoxy) is 1. The molecule has 0 amide bonds. The minimum atomic E-state index is -2.99. The van der Waals surface area contributed by atoms with Crippen molar-refractivity contribution < 1.29 is 13.8 Å². The first kappa shape index (κ1) is 16.4. The van der Waals surface area contributed by atoms with Gasteiger partial charge in [0, 0.05) is 12.4 Å². The van der Waals surface area contributed by atoms with Crippen molar-refractivity contribution in [3.63, 3.8) is 0 Å². The zero-order chi connectivity index (χ0) is 16.2. The Bertz CT molecular complexity index is 651. The number of rotatable bonds is 6. The summed E-state index contributed by atoms with van der Waals surface area (Å²) >= 11 is 0. The SMILES string of the molecule is COc1ccc(NP(C)(=O)Oc2ccc(C(C)C)cc2)cc1. The molecule has 22 heavy (non-hydrogen) atoms. The molecule has 1 atom stereocenters. The van der Waals surface area contributed by atoms with Crippen molar-refractivity contribution in [2.45, 2.75) is 19.8 Å². The molecule has 0 aromatic heterocycles. The average Bonchev–Trinajstić information content (AvgIpc) is 2.47. The van der Waals surface area contributed by atoms with E-state index >= 15 is 0 Å². The molecule has 2 aromatic rings. The lowest BCUT2D eigenvalue weighted by atomic mass is 10.0. The summed E-state index contributed by atoms with van der Waals surface area (Å²) in [6.45, 7) is 5.82. The lowest BCUT2D eigenvalue weighted by molar-refractivity contribution is 0.415. The van der Waals surface area contributed by atoms with E-state index in [-0.39, 0.29) is 0 Å². The number of methoxy groups -OCH3 is 1. The van der Waals surface area contributed by atoms with Crippen molar-refractivity contribution in [1.29, 1.82) is 0 Å². The lowest BCUT2D eigenvalue weighted by Crippen LogP contribution is -2.02. The molecule has 0 heterocycles. The average molecular weight is 319 g/mol. The molecule has 5 heteroatoms. The molecule has 118 valence electrons. The van der Waals surface area contributed by atoms with E-state index in [1.165, 1.54) is 5.56 Å². The number of hydrogen-bond acceptors (Lipinski definition) is 3. The van der Waals surface area contributed by atoms with Gasteiger partial charge in [-0.3, -0.25) is 4.57 Å². The Balaban J connectivity index is 2.04. The standard InChI is InChI=1S/C17H22NO3P/c1-13(2)14-5-9-17(10-6-14)21-22(4,19)18-15-7-11-16(20-3)12-8-15/h5-13H,1-4H3,(H,18,19). The van der Waals surface area contributed by atoms with Gasteiger partial charge in [0.15, 0.2) is 0 Å². The Labute approximate surface area is 132 Å². The van der Waals surface area contributed by atoms with E-state index in [9.17, 15) is 4.57 Å². The van der Waals surface area contributed by atoms with E-state index in [0.29, 0.717) is 11.7 Å². The molecule has 0 aliphatic rings. The summed E-state index contributed by atoms with van der Waals surface area (Å²) < 4.78 is 23.3. The zero-order valence-electron chi connectivity index (χ0n) is 13.4. The van der Waals surface area contributed by atoms with Crippen LogP contribution in [0.25, 0.3) is 0 Å². The van der Waals surface area contributed by atoms with Crippen molar-refractivity contribution >= 4 is 13.2 Å². The van der Waals surface area contributed by atoms with Crippen LogP contribution in [0.1, 0.15) is 25.3 Å². The highest BCUT2D eigenvalue weighted by atomic mass is 31.2. The molecular weight excluding hydrogens is 297 g/mol. The Kier molecular flexibility index (Phi) is 5.15. The van der Waals surface area contributed by atoms with Crippen LogP contribution >= 0.6 is 7.52 Å². The quantitative estimate of drug-likeness (QED) is 0.750. The predicted molar refractivity (Wildman–Crippen MR) is 91.3 cm³/mol. The van der Waals surface area contributed by atoms with Gasteiger partial charge in [0.05, 0.1) is 7.11 Å². The van der Waals surface area contributed by atoms with Gasteiger partial charge in [-0.05, 0) is 47.9 Å². The van der Waals surface area contributed by atoms with Crippen molar-refractivity contribution in [3.8, 4) is 11.5 Å². The topological polar surface area (TPSA) is 47.6 Å². The van der Waals surface area contributed by atoms with Crippen LogP contribution in [0.5, 0.6) is 11.5 Å². The van der Waals surface area contributed by atoms with E-state index in [4.69, 9.17) is 9.26 Å². The van der Waals surface area contributed by atoms with Gasteiger partial charge in [-0.15, -0.1) is 0 Å². The zero-order valence-corrected chi connectivity index (χ0v) is 14.3. The Hall–Kier alpha value is -1.93. The number of benzene rings is 2. The van der Waals surface area contributed by atoms with Crippen LogP contribution < -0.4 is 14.3 Å². The van der Waals surface area contributed by atoms with Crippen LogP contribution in [0.3, 0.4) is 0 Å². The molecule has 4 nitrogen and oxygen atoms in total. The molecule has 0 fully saturated rings. The lowest BCUT2D eigenvalue weighted by Gasteiger charge is -2.18. The summed E-state index contributed by atoms with van der Waals surface area (Å²) in [7, 11) is -1.38. The van der Waals surface area contributed by atoms with Gasteiger partial charge in [0.1, 0.15) is 11.5 Å². The van der Waals surface area contributed by atoms with Gasteiger partial charge < -0.3 is 14.3 Å². The molecule has 0 saturated carbocycles. The second-order valence-corrected chi connectivity index (χ2v) is 7.60. The fourth-order valence-electron chi connectivity index (χ4n) is 2.04. The normalized spacial score (nSPS) is 13.5. The Morgan fingerprint density at radius 2 is 1.50 bits per heavy atom. The van der Waals surface area contributed by atoms with Gasteiger partial charge in [-0.2, -0.15) is 0 Å². The maximum absolute atomic E-state index is 12.6. The number of hydrogen-bond donors (Lipinski definition) is 1. The monoisotopic (exact) mass is 319 g/mol. The summed E-state index contributed by atoms with van der Waals surface area (Å²) in [4.78, 5) is 0. The molecule has 0 radical (unpaired) electrons. The fourth-order valence-corrected chi connectivity index (χ4v) is 3.23. The van der Waals surface area contributed by atoms with Gasteiger partial charge in [0.25, 0.3) is 0 Å². The molecule has 0 spiro atoms. The van der Waals surface area contributed by atoms with Crippen LogP contribution in [0.4, 0.5) is 5.69 Å². The van der Waals surface area contributed by atoms with Gasteiger partial charge in [0.2, 0.25) is 0 Å². The van der Waals surface area contributed by atoms with Gasteiger partial charge in [-0.25, -0.2) is 0 Å². The first-order valence-electron chi connectivity index (χ1n) is 7.19. The first-order valence-corrected chi connectivity index (χ1v) is 9.26. The minimum Gasteiger partial charge on any atom is -0.497 e. The van der Waals surface area contributed by atoms with Crippen molar-refractivity contribution in [3.05, 3.63) is 54.1 Å². The van der Waals surface area contributed by atoms with Crippen molar-refractivity contribution in [2.75, 3.05) is 18.9 Å². The second-order valence-electron chi connectivity index (χ2n) is 5.50. The van der Waals surface area contributed by atoms with Gasteiger partial charge in [-0.1, -0.05) is 26.0 Å². The summed E-state index contributed by atoms with van der Waals surface area (Å²) in [6, 6.07) is 14.9. The maximum Gasteiger partial charge on any atom is 0.338 e. The molecular formula is C17H22NO3P. The fraction of sp³-hybridized carbons (Fsp3) is 0.294. The Morgan fingerprint density at radius 1 is 0.955 bits per heavy atom. The molecule has 1 N–H and O–H groups in total. The van der Waals surface area contributed by atoms with E-state index in [1.807, 2.05) is 24.3 Å². The molecule has 2 aromatic carbocycles. The van der Waals surface area contributed by atoms with E-state index in [0.717, 1.165) is 11.4 Å². The third-order valence-corrected chi connectivity index (χ3v) is 4.47. The smallest absolute Gasteiger partial charge is 0.338 e. The summed E-state index contributed by atoms with van der Waals surface area (Å²) in [6.07, 6.45) is 0. The summed E-state index contributed by atoms with van der Waals surface area (Å²) in [5, 5.41) is 2.93. The van der Waals surface area contributed by atoms with Crippen molar-refractivity contribution in [1.82, 2.24) is 0 Å². The molecule has 0 bridgehead atoms. The number of nitrogens with one attached hydrogen (secondary N) is 1.